The van der Waals surface area contributed by atoms with Gasteiger partial charge in [-0.2, -0.15) is 4.89 Å². The van der Waals surface area contributed by atoms with Crippen LogP contribution in [0.1, 0.15) is 81.6 Å². The van der Waals surface area contributed by atoms with Gasteiger partial charge >= 0.3 is 23.9 Å². The Balaban J connectivity index is 4.48. The standard InChI is InChI=1S/C22H38O9/c1-13(2)10-15(5)27-18(23)19(24)29-17(7)12-22(8,9)31-30-21(26)20(25)28-16(6)11-14(3)4/h13-17H,10-12H2,1-9H3. The first kappa shape index (κ1) is 28.8. The van der Waals surface area contributed by atoms with Crippen molar-refractivity contribution < 1.29 is 43.2 Å². The highest BCUT2D eigenvalue weighted by Crippen LogP contribution is 2.20. The van der Waals surface area contributed by atoms with E-state index < -0.39 is 47.8 Å². The smallest absolute Gasteiger partial charge is 0.449 e. The van der Waals surface area contributed by atoms with Crippen molar-refractivity contribution in [3.05, 3.63) is 0 Å². The third-order valence-electron chi connectivity index (χ3n) is 3.99. The van der Waals surface area contributed by atoms with Crippen LogP contribution >= 0.6 is 0 Å². The molecule has 31 heavy (non-hydrogen) atoms. The van der Waals surface area contributed by atoms with Crippen molar-refractivity contribution in [1.82, 2.24) is 0 Å². The predicted molar refractivity (Wildman–Crippen MR) is 111 cm³/mol. The third kappa shape index (κ3) is 13.7. The Hall–Kier alpha value is -2.16. The summed E-state index contributed by atoms with van der Waals surface area (Å²) in [6.07, 6.45) is -0.272. The molecule has 9 heteroatoms. The van der Waals surface area contributed by atoms with Crippen molar-refractivity contribution in [2.45, 2.75) is 105 Å². The van der Waals surface area contributed by atoms with Gasteiger partial charge in [0.15, 0.2) is 0 Å². The van der Waals surface area contributed by atoms with Gasteiger partial charge < -0.3 is 14.2 Å². The number of hydrogen-bond donors (Lipinski definition) is 0. The zero-order valence-corrected chi connectivity index (χ0v) is 20.2. The minimum Gasteiger partial charge on any atom is -0.454 e. The van der Waals surface area contributed by atoms with Gasteiger partial charge in [0, 0.05) is 6.42 Å². The Bertz CT molecular complexity index is 610. The topological polar surface area (TPSA) is 114 Å². The fourth-order valence-electron chi connectivity index (χ4n) is 3.07. The summed E-state index contributed by atoms with van der Waals surface area (Å²) in [7, 11) is 0. The fraction of sp³-hybridized carbons (Fsp3) is 0.818. The quantitative estimate of drug-likeness (QED) is 0.155. The van der Waals surface area contributed by atoms with Crippen molar-refractivity contribution in [1.29, 1.82) is 0 Å². The van der Waals surface area contributed by atoms with E-state index >= 15 is 0 Å². The lowest BCUT2D eigenvalue weighted by molar-refractivity contribution is -0.327. The molecule has 0 bridgehead atoms. The Kier molecular flexibility index (Phi) is 12.4. The SMILES string of the molecule is CC(C)CC(C)OC(=O)C(=O)OOC(C)(C)CC(C)OC(=O)C(=O)OC(C)CC(C)C. The molecule has 3 atom stereocenters. The maximum Gasteiger partial charge on any atom is 0.449 e. The number of rotatable bonds is 11. The molecule has 0 radical (unpaired) electrons. The van der Waals surface area contributed by atoms with E-state index in [1.807, 2.05) is 27.7 Å². The molecule has 0 saturated carbocycles. The van der Waals surface area contributed by atoms with Crippen LogP contribution in [0.25, 0.3) is 0 Å². The molecular formula is C22H38O9. The highest BCUT2D eigenvalue weighted by molar-refractivity contribution is 6.30. The first-order valence-electron chi connectivity index (χ1n) is 10.6. The number of ether oxygens (including phenoxy) is 3. The van der Waals surface area contributed by atoms with Gasteiger partial charge in [0.25, 0.3) is 0 Å². The summed E-state index contributed by atoms with van der Waals surface area (Å²) in [4.78, 5) is 56.9. The molecule has 3 unspecified atom stereocenters. The number of hydrogen-bond acceptors (Lipinski definition) is 9. The van der Waals surface area contributed by atoms with E-state index in [2.05, 4.69) is 4.89 Å². The van der Waals surface area contributed by atoms with E-state index in [-0.39, 0.29) is 6.42 Å². The van der Waals surface area contributed by atoms with Crippen LogP contribution in [0.3, 0.4) is 0 Å². The number of carbonyl (C=O) groups excluding carboxylic acids is 4. The zero-order valence-electron chi connectivity index (χ0n) is 20.2. The molecule has 0 rings (SSSR count). The van der Waals surface area contributed by atoms with Gasteiger partial charge in [-0.3, -0.25) is 4.89 Å². The molecule has 0 saturated heterocycles. The van der Waals surface area contributed by atoms with Crippen LogP contribution in [-0.4, -0.2) is 47.8 Å². The second-order valence-electron chi connectivity index (χ2n) is 9.32. The van der Waals surface area contributed by atoms with E-state index in [1.54, 1.807) is 34.6 Å². The Morgan fingerprint density at radius 1 is 0.613 bits per heavy atom. The monoisotopic (exact) mass is 446 g/mol. The molecule has 9 nitrogen and oxygen atoms in total. The molecule has 180 valence electrons. The lowest BCUT2D eigenvalue weighted by Gasteiger charge is -2.25. The summed E-state index contributed by atoms with van der Waals surface area (Å²) < 4.78 is 15.1. The summed E-state index contributed by atoms with van der Waals surface area (Å²) in [5, 5.41) is 0. The van der Waals surface area contributed by atoms with Crippen LogP contribution in [0, 0.1) is 11.8 Å². The second kappa shape index (κ2) is 13.3. The average molecular weight is 447 g/mol. The van der Waals surface area contributed by atoms with Gasteiger partial charge in [-0.15, -0.1) is 0 Å². The fourth-order valence-corrected chi connectivity index (χ4v) is 3.07. The van der Waals surface area contributed by atoms with Crippen LogP contribution in [0.5, 0.6) is 0 Å². The normalized spacial score (nSPS) is 14.5. The molecule has 0 N–H and O–H groups in total. The van der Waals surface area contributed by atoms with Crippen LogP contribution in [-0.2, 0) is 43.2 Å². The van der Waals surface area contributed by atoms with Gasteiger partial charge in [-0.05, 0) is 59.3 Å². The molecule has 0 aliphatic carbocycles. The van der Waals surface area contributed by atoms with Crippen LogP contribution in [0.4, 0.5) is 0 Å². The largest absolute Gasteiger partial charge is 0.454 e. The Labute approximate surface area is 185 Å². The molecule has 0 amide bonds. The minimum atomic E-state index is -1.28. The van der Waals surface area contributed by atoms with Gasteiger partial charge in [-0.25, -0.2) is 19.2 Å². The molecule has 0 aliphatic rings. The summed E-state index contributed by atoms with van der Waals surface area (Å²) in [6.45, 7) is 16.0. The van der Waals surface area contributed by atoms with Crippen LogP contribution in [0.15, 0.2) is 0 Å². The maximum absolute atomic E-state index is 11.9. The number of esters is 3. The van der Waals surface area contributed by atoms with Gasteiger partial charge in [0.1, 0.15) is 11.7 Å². The molecule has 0 heterocycles. The molecule has 0 aromatic heterocycles. The zero-order chi connectivity index (χ0) is 24.4. The molecule has 0 spiro atoms. The summed E-state index contributed by atoms with van der Waals surface area (Å²) in [5.74, 6) is -4.00. The molecule has 0 aromatic rings. The van der Waals surface area contributed by atoms with Gasteiger partial charge in [0.2, 0.25) is 0 Å². The molecule has 0 aliphatic heterocycles. The van der Waals surface area contributed by atoms with Gasteiger partial charge in [0.05, 0.1) is 12.2 Å². The molecule has 0 fully saturated rings. The summed E-state index contributed by atoms with van der Waals surface area (Å²) >= 11 is 0. The first-order chi connectivity index (χ1) is 14.1. The maximum atomic E-state index is 11.9. The van der Waals surface area contributed by atoms with Crippen molar-refractivity contribution in [3.63, 3.8) is 0 Å². The Morgan fingerprint density at radius 3 is 1.35 bits per heavy atom. The third-order valence-corrected chi connectivity index (χ3v) is 3.99. The van der Waals surface area contributed by atoms with Crippen LogP contribution < -0.4 is 0 Å². The summed E-state index contributed by atoms with van der Waals surface area (Å²) in [6, 6.07) is 0. The minimum absolute atomic E-state index is 0.0830. The molecule has 0 aromatic carbocycles. The van der Waals surface area contributed by atoms with E-state index in [1.165, 1.54) is 0 Å². The highest BCUT2D eigenvalue weighted by Gasteiger charge is 2.31. The van der Waals surface area contributed by atoms with E-state index in [0.717, 1.165) is 0 Å². The van der Waals surface area contributed by atoms with Crippen molar-refractivity contribution in [2.24, 2.45) is 11.8 Å². The predicted octanol–water partition coefficient (Wildman–Crippen LogP) is 3.52. The molecular weight excluding hydrogens is 408 g/mol. The second-order valence-corrected chi connectivity index (χ2v) is 9.32. The van der Waals surface area contributed by atoms with E-state index in [4.69, 9.17) is 19.1 Å². The number of carbonyl (C=O) groups is 4. The Morgan fingerprint density at radius 2 is 0.968 bits per heavy atom. The van der Waals surface area contributed by atoms with Crippen molar-refractivity contribution in [2.75, 3.05) is 0 Å². The summed E-state index contributed by atoms with van der Waals surface area (Å²) in [5.41, 5.74) is -1.10. The van der Waals surface area contributed by atoms with Crippen LogP contribution in [0.2, 0.25) is 0 Å². The lowest BCUT2D eigenvalue weighted by Crippen LogP contribution is -2.35. The average Bonchev–Trinajstić information content (AvgIpc) is 2.57. The lowest BCUT2D eigenvalue weighted by atomic mass is 10.0. The van der Waals surface area contributed by atoms with Gasteiger partial charge in [-0.1, -0.05) is 27.7 Å². The van der Waals surface area contributed by atoms with Crippen molar-refractivity contribution in [3.8, 4) is 0 Å². The van der Waals surface area contributed by atoms with E-state index in [0.29, 0.717) is 24.7 Å². The van der Waals surface area contributed by atoms with Crippen molar-refractivity contribution >= 4 is 23.9 Å². The first-order valence-corrected chi connectivity index (χ1v) is 10.6. The van der Waals surface area contributed by atoms with E-state index in [9.17, 15) is 19.2 Å². The highest BCUT2D eigenvalue weighted by atomic mass is 17.2.